The van der Waals surface area contributed by atoms with E-state index in [1.165, 1.54) is 53.6 Å². The first-order valence-corrected chi connectivity index (χ1v) is 21.5. The Morgan fingerprint density at radius 2 is 1.25 bits per heavy atom. The Kier molecular flexibility index (Phi) is 9.13. The molecule has 0 bridgehead atoms. The highest BCUT2D eigenvalue weighted by Gasteiger charge is 2.20. The number of aliphatic imine (C=N–C) groups is 2. The van der Waals surface area contributed by atoms with Crippen molar-refractivity contribution in [3.8, 4) is 22.3 Å². The fourth-order valence-electron chi connectivity index (χ4n) is 8.82. The van der Waals surface area contributed by atoms with Crippen molar-refractivity contribution in [1.82, 2.24) is 0 Å². The van der Waals surface area contributed by atoms with E-state index in [9.17, 15) is 0 Å². The average molecular weight is 789 g/mol. The number of hydrogen-bond donors (Lipinski definition) is 0. The zero-order valence-electron chi connectivity index (χ0n) is 33.2. The number of allylic oxidation sites excluding steroid dienone is 1. The van der Waals surface area contributed by atoms with Crippen LogP contribution in [0.1, 0.15) is 39.8 Å². The van der Waals surface area contributed by atoms with Crippen LogP contribution in [0.2, 0.25) is 0 Å². The number of nitrogens with zero attached hydrogens (tertiary/aromatic N) is 2. The van der Waals surface area contributed by atoms with E-state index >= 15 is 0 Å². The predicted molar refractivity (Wildman–Crippen MR) is 255 cm³/mol. The molecule has 2 aromatic heterocycles. The summed E-state index contributed by atoms with van der Waals surface area (Å²) in [6.07, 6.45) is 4.64. The van der Waals surface area contributed by atoms with Crippen LogP contribution in [0.5, 0.6) is 0 Å². The molecule has 0 atom stereocenters. The lowest BCUT2D eigenvalue weighted by Crippen LogP contribution is -2.05. The van der Waals surface area contributed by atoms with Gasteiger partial charge < -0.3 is 4.42 Å². The summed E-state index contributed by atoms with van der Waals surface area (Å²) in [5.74, 6) is 0.719. The zero-order valence-corrected chi connectivity index (χ0v) is 34.0. The number of hydrogen-bond acceptors (Lipinski definition) is 4. The molecular weight excluding hydrogens is 749 g/mol. The van der Waals surface area contributed by atoms with Crippen molar-refractivity contribution >= 4 is 70.7 Å². The van der Waals surface area contributed by atoms with Crippen LogP contribution in [0.25, 0.3) is 70.1 Å². The van der Waals surface area contributed by atoms with E-state index in [0.29, 0.717) is 6.42 Å². The van der Waals surface area contributed by atoms with Crippen molar-refractivity contribution in [1.29, 1.82) is 0 Å². The topological polar surface area (TPSA) is 37.9 Å². The lowest BCUT2D eigenvalue weighted by Gasteiger charge is -2.14. The Labute approximate surface area is 353 Å². The van der Waals surface area contributed by atoms with Crippen LogP contribution in [-0.4, -0.2) is 11.5 Å². The van der Waals surface area contributed by atoms with Crippen LogP contribution < -0.4 is 0 Å². The molecule has 0 fully saturated rings. The Morgan fingerprint density at radius 3 is 2.10 bits per heavy atom. The van der Waals surface area contributed by atoms with Crippen molar-refractivity contribution in [2.45, 2.75) is 26.2 Å². The second kappa shape index (κ2) is 15.2. The highest BCUT2D eigenvalue weighted by Crippen LogP contribution is 2.43. The number of aryl methyl sites for hydroxylation is 3. The third-order valence-corrected chi connectivity index (χ3v) is 13.1. The lowest BCUT2D eigenvalue weighted by molar-refractivity contribution is 0.669. The van der Waals surface area contributed by atoms with Crippen molar-refractivity contribution in [3.63, 3.8) is 0 Å². The fourth-order valence-corrected chi connectivity index (χ4v) is 10.0. The molecule has 286 valence electrons. The van der Waals surface area contributed by atoms with Gasteiger partial charge in [-0.05, 0) is 94.6 Å². The summed E-state index contributed by atoms with van der Waals surface area (Å²) in [6.45, 7) is 2.20. The van der Waals surface area contributed by atoms with E-state index in [1.807, 2.05) is 17.4 Å². The van der Waals surface area contributed by atoms with Crippen molar-refractivity contribution in [2.75, 3.05) is 0 Å². The maximum atomic E-state index is 6.67. The zero-order chi connectivity index (χ0) is 40.0. The van der Waals surface area contributed by atoms with Crippen LogP contribution in [0.3, 0.4) is 0 Å². The average Bonchev–Trinajstić information content (AvgIpc) is 3.78. The van der Waals surface area contributed by atoms with Gasteiger partial charge >= 0.3 is 0 Å². The summed E-state index contributed by atoms with van der Waals surface area (Å²) >= 11 is 1.87. The third-order valence-electron chi connectivity index (χ3n) is 11.8. The molecule has 0 saturated heterocycles. The molecule has 4 heteroatoms. The Morgan fingerprint density at radius 1 is 0.533 bits per heavy atom. The molecule has 0 amide bonds. The van der Waals surface area contributed by atoms with E-state index < -0.39 is 0 Å². The second-order valence-corrected chi connectivity index (χ2v) is 16.7. The summed E-state index contributed by atoms with van der Waals surface area (Å²) in [5.41, 5.74) is 15.6. The second-order valence-electron chi connectivity index (χ2n) is 15.6. The third kappa shape index (κ3) is 6.56. The normalized spacial score (nSPS) is 13.1. The number of rotatable bonds is 8. The monoisotopic (exact) mass is 788 g/mol. The summed E-state index contributed by atoms with van der Waals surface area (Å²) < 4.78 is 9.26. The molecule has 8 aromatic carbocycles. The van der Waals surface area contributed by atoms with Crippen LogP contribution >= 0.6 is 11.3 Å². The Balaban J connectivity index is 1.03. The van der Waals surface area contributed by atoms with Crippen LogP contribution in [0.4, 0.5) is 0 Å². The first-order valence-electron chi connectivity index (χ1n) is 20.7. The van der Waals surface area contributed by atoms with Crippen LogP contribution in [0, 0.1) is 6.92 Å². The van der Waals surface area contributed by atoms with Crippen molar-refractivity contribution in [2.24, 2.45) is 9.98 Å². The summed E-state index contributed by atoms with van der Waals surface area (Å²) in [5, 5.41) is 4.90. The molecule has 0 N–H and O–H groups in total. The van der Waals surface area contributed by atoms with Gasteiger partial charge in [-0.1, -0.05) is 158 Å². The molecule has 11 rings (SSSR count). The molecule has 0 spiro atoms. The van der Waals surface area contributed by atoms with Crippen molar-refractivity contribution < 1.29 is 4.42 Å². The van der Waals surface area contributed by atoms with Gasteiger partial charge in [0.05, 0.1) is 11.4 Å². The fraction of sp³-hybridized carbons (Fsp3) is 0.0714. The molecule has 3 nitrogen and oxygen atoms in total. The van der Waals surface area contributed by atoms with Gasteiger partial charge in [-0.15, -0.1) is 11.3 Å². The lowest BCUT2D eigenvalue weighted by atomic mass is 9.90. The van der Waals surface area contributed by atoms with Gasteiger partial charge in [0.25, 0.3) is 0 Å². The van der Waals surface area contributed by atoms with Gasteiger partial charge in [0.1, 0.15) is 11.2 Å². The molecular formula is C56H40N2OS. The summed E-state index contributed by atoms with van der Waals surface area (Å²) in [4.78, 5) is 10.6. The molecule has 1 aliphatic rings. The van der Waals surface area contributed by atoms with Gasteiger partial charge in [-0.25, -0.2) is 9.98 Å². The Hall–Kier alpha value is -7.14. The predicted octanol–water partition coefficient (Wildman–Crippen LogP) is 15.1. The smallest absolute Gasteiger partial charge is 0.160 e. The maximum absolute atomic E-state index is 6.67. The minimum absolute atomic E-state index is 0.695. The van der Waals surface area contributed by atoms with E-state index in [4.69, 9.17) is 14.4 Å². The quantitative estimate of drug-likeness (QED) is 0.151. The molecule has 3 heterocycles. The first kappa shape index (κ1) is 36.0. The molecule has 60 heavy (non-hydrogen) atoms. The highest BCUT2D eigenvalue weighted by atomic mass is 32.1. The number of amidine groups is 1. The van der Waals surface area contributed by atoms with E-state index in [0.717, 1.165) is 74.3 Å². The number of fused-ring (bicyclic) bond motifs is 6. The van der Waals surface area contributed by atoms with Gasteiger partial charge in [-0.3, -0.25) is 0 Å². The molecule has 0 unspecified atom stereocenters. The maximum Gasteiger partial charge on any atom is 0.160 e. The molecule has 0 aliphatic carbocycles. The van der Waals surface area contributed by atoms with E-state index in [-0.39, 0.29) is 0 Å². The molecule has 0 saturated carbocycles. The van der Waals surface area contributed by atoms with E-state index in [1.54, 1.807) is 0 Å². The molecule has 0 radical (unpaired) electrons. The van der Waals surface area contributed by atoms with Gasteiger partial charge in [0.15, 0.2) is 5.84 Å². The van der Waals surface area contributed by atoms with Crippen molar-refractivity contribution in [3.05, 3.63) is 221 Å². The molecule has 10 aromatic rings. The Bertz CT molecular complexity index is 3350. The number of benzene rings is 8. The standard InChI is InChI=1S/C56H40N2OS/c1-36-15-8-9-22-43(36)53-40(29-30-46-44-23-10-12-25-51(44)59-54(46)53)28-27-37-33-47(55-48(34-37)45-24-11-13-26-52(45)60-55)41-20-14-21-42(35-41)56-57-49(38-16-4-2-5-17-38)31-32-50(58-56)39-18-6-3-7-19-39/h2-26,29-31,33-35H,27-28,32H2,1H3. The molecule has 1 aliphatic heterocycles. The number of para-hydroxylation sites is 1. The van der Waals surface area contributed by atoms with Gasteiger partial charge in [0, 0.05) is 48.5 Å². The highest BCUT2D eigenvalue weighted by molar-refractivity contribution is 7.26. The minimum atomic E-state index is 0.695. The number of thiophene rings is 1. The SMILES string of the molecule is Cc1ccccc1-c1c(CCc2cc(-c3cccc(C4=NC(c5ccccc5)=CCC(c5ccccc5)=N4)c3)c3sc4ccccc4c3c2)ccc2c1oc1ccccc12. The minimum Gasteiger partial charge on any atom is -0.455 e. The first-order chi connectivity index (χ1) is 29.6. The van der Waals surface area contributed by atoms with Crippen LogP contribution in [-0.2, 0) is 12.8 Å². The van der Waals surface area contributed by atoms with Gasteiger partial charge in [-0.2, -0.15) is 0 Å². The van der Waals surface area contributed by atoms with Crippen LogP contribution in [0.15, 0.2) is 202 Å². The largest absolute Gasteiger partial charge is 0.455 e. The summed E-state index contributed by atoms with van der Waals surface area (Å²) in [7, 11) is 0. The van der Waals surface area contributed by atoms with Gasteiger partial charge in [0.2, 0.25) is 0 Å². The number of furan rings is 1. The van der Waals surface area contributed by atoms with E-state index in [2.05, 4.69) is 189 Å². The summed E-state index contributed by atoms with van der Waals surface area (Å²) in [6, 6.07) is 65.0.